The molecule has 1 fully saturated rings. The standard InChI is InChI=1S/C17H27N3O/c1-12-10-20(11-15(12)19(3)4)17(21)13(2)16(18)14-8-6-5-7-9-14/h5-9,12-13,15-16H,10-11,18H2,1-4H3. The number of nitrogens with two attached hydrogens (primary N) is 1. The highest BCUT2D eigenvalue weighted by atomic mass is 16.2. The Labute approximate surface area is 127 Å². The summed E-state index contributed by atoms with van der Waals surface area (Å²) in [6.07, 6.45) is 0. The van der Waals surface area contributed by atoms with E-state index < -0.39 is 0 Å². The Morgan fingerprint density at radius 3 is 2.43 bits per heavy atom. The average Bonchev–Trinajstić information content (AvgIpc) is 2.88. The second-order valence-electron chi connectivity index (χ2n) is 6.48. The molecule has 116 valence electrons. The van der Waals surface area contributed by atoms with Gasteiger partial charge in [-0.3, -0.25) is 4.79 Å². The van der Waals surface area contributed by atoms with Crippen molar-refractivity contribution in [2.45, 2.75) is 25.9 Å². The van der Waals surface area contributed by atoms with Crippen LogP contribution < -0.4 is 5.73 Å². The number of carbonyl (C=O) groups excluding carboxylic acids is 1. The van der Waals surface area contributed by atoms with Gasteiger partial charge in [0, 0.05) is 25.2 Å². The van der Waals surface area contributed by atoms with Gasteiger partial charge >= 0.3 is 0 Å². The molecule has 1 aliphatic rings. The highest BCUT2D eigenvalue weighted by Crippen LogP contribution is 2.26. The van der Waals surface area contributed by atoms with Gasteiger partial charge in [0.25, 0.3) is 0 Å². The molecule has 1 amide bonds. The third-order valence-electron chi connectivity index (χ3n) is 4.66. The zero-order valence-corrected chi connectivity index (χ0v) is 13.5. The summed E-state index contributed by atoms with van der Waals surface area (Å²) in [5.41, 5.74) is 7.30. The molecule has 1 saturated heterocycles. The number of hydrogen-bond acceptors (Lipinski definition) is 3. The Balaban J connectivity index is 2.03. The van der Waals surface area contributed by atoms with E-state index in [4.69, 9.17) is 5.73 Å². The summed E-state index contributed by atoms with van der Waals surface area (Å²) in [6.45, 7) is 5.78. The van der Waals surface area contributed by atoms with E-state index in [1.807, 2.05) is 42.2 Å². The quantitative estimate of drug-likeness (QED) is 0.918. The Bertz CT molecular complexity index is 474. The first-order valence-corrected chi connectivity index (χ1v) is 7.67. The lowest BCUT2D eigenvalue weighted by Gasteiger charge is -2.26. The predicted octanol–water partition coefficient (Wildman–Crippen LogP) is 1.73. The molecule has 0 radical (unpaired) electrons. The fourth-order valence-electron chi connectivity index (χ4n) is 3.21. The van der Waals surface area contributed by atoms with E-state index in [0.29, 0.717) is 12.0 Å². The topological polar surface area (TPSA) is 49.6 Å². The molecule has 0 spiro atoms. The predicted molar refractivity (Wildman–Crippen MR) is 85.8 cm³/mol. The van der Waals surface area contributed by atoms with Crippen LogP contribution in [0.1, 0.15) is 25.5 Å². The minimum atomic E-state index is -0.243. The molecule has 0 bridgehead atoms. The first-order chi connectivity index (χ1) is 9.91. The van der Waals surface area contributed by atoms with Crippen LogP contribution in [0.2, 0.25) is 0 Å². The van der Waals surface area contributed by atoms with E-state index in [-0.39, 0.29) is 17.9 Å². The number of likely N-dealkylation sites (tertiary alicyclic amines) is 1. The van der Waals surface area contributed by atoms with Crippen LogP contribution in [-0.2, 0) is 4.79 Å². The number of benzene rings is 1. The fourth-order valence-corrected chi connectivity index (χ4v) is 3.21. The van der Waals surface area contributed by atoms with Gasteiger partial charge in [-0.15, -0.1) is 0 Å². The zero-order chi connectivity index (χ0) is 15.6. The molecule has 1 aromatic rings. The van der Waals surface area contributed by atoms with Crippen LogP contribution in [0.25, 0.3) is 0 Å². The summed E-state index contributed by atoms with van der Waals surface area (Å²) in [5, 5.41) is 0. The Kier molecular flexibility index (Phi) is 5.01. The molecule has 0 saturated carbocycles. The van der Waals surface area contributed by atoms with Gasteiger partial charge in [-0.2, -0.15) is 0 Å². The number of carbonyl (C=O) groups is 1. The lowest BCUT2D eigenvalue weighted by Crippen LogP contribution is -2.40. The van der Waals surface area contributed by atoms with Crippen molar-refractivity contribution in [1.29, 1.82) is 0 Å². The molecule has 0 aromatic heterocycles. The molecule has 1 aliphatic heterocycles. The van der Waals surface area contributed by atoms with Crippen LogP contribution in [0.15, 0.2) is 30.3 Å². The summed E-state index contributed by atoms with van der Waals surface area (Å²) in [6, 6.07) is 10.1. The van der Waals surface area contributed by atoms with Crippen molar-refractivity contribution in [2.24, 2.45) is 17.6 Å². The minimum absolute atomic E-state index is 0.169. The molecule has 4 heteroatoms. The molecule has 2 N–H and O–H groups in total. The monoisotopic (exact) mass is 289 g/mol. The van der Waals surface area contributed by atoms with Crippen LogP contribution in [0, 0.1) is 11.8 Å². The summed E-state index contributed by atoms with van der Waals surface area (Å²) >= 11 is 0. The van der Waals surface area contributed by atoms with Crippen molar-refractivity contribution in [3.8, 4) is 0 Å². The molecule has 4 atom stereocenters. The van der Waals surface area contributed by atoms with Crippen LogP contribution in [-0.4, -0.2) is 48.9 Å². The third-order valence-corrected chi connectivity index (χ3v) is 4.66. The van der Waals surface area contributed by atoms with E-state index in [0.717, 1.165) is 18.7 Å². The van der Waals surface area contributed by atoms with E-state index in [9.17, 15) is 4.79 Å². The van der Waals surface area contributed by atoms with Crippen molar-refractivity contribution < 1.29 is 4.79 Å². The highest BCUT2D eigenvalue weighted by Gasteiger charge is 2.36. The van der Waals surface area contributed by atoms with Gasteiger partial charge in [0.15, 0.2) is 0 Å². The summed E-state index contributed by atoms with van der Waals surface area (Å²) in [5.74, 6) is 0.479. The maximum Gasteiger partial charge on any atom is 0.227 e. The molecule has 4 unspecified atom stereocenters. The summed E-state index contributed by atoms with van der Waals surface area (Å²) in [7, 11) is 4.16. The van der Waals surface area contributed by atoms with Crippen molar-refractivity contribution in [2.75, 3.05) is 27.2 Å². The number of likely N-dealkylation sites (N-methyl/N-ethyl adjacent to an activating group) is 1. The minimum Gasteiger partial charge on any atom is -0.340 e. The largest absolute Gasteiger partial charge is 0.340 e. The molecular weight excluding hydrogens is 262 g/mol. The lowest BCUT2D eigenvalue weighted by atomic mass is 9.94. The van der Waals surface area contributed by atoms with E-state index >= 15 is 0 Å². The van der Waals surface area contributed by atoms with Crippen LogP contribution >= 0.6 is 0 Å². The van der Waals surface area contributed by atoms with Crippen LogP contribution in [0.4, 0.5) is 0 Å². The van der Waals surface area contributed by atoms with E-state index in [2.05, 4.69) is 25.9 Å². The van der Waals surface area contributed by atoms with Gasteiger partial charge in [-0.1, -0.05) is 44.2 Å². The van der Waals surface area contributed by atoms with Gasteiger partial charge < -0.3 is 15.5 Å². The second kappa shape index (κ2) is 6.58. The highest BCUT2D eigenvalue weighted by molar-refractivity contribution is 5.79. The molecule has 2 rings (SSSR count). The normalized spacial score (nSPS) is 25.1. The maximum atomic E-state index is 12.7. The SMILES string of the molecule is CC1CN(C(=O)C(C)C(N)c2ccccc2)CC1N(C)C. The molecule has 4 nitrogen and oxygen atoms in total. The summed E-state index contributed by atoms with van der Waals surface area (Å²) < 4.78 is 0. The molecular formula is C17H27N3O. The van der Waals surface area contributed by atoms with Gasteiger partial charge in [-0.25, -0.2) is 0 Å². The first kappa shape index (κ1) is 16.0. The summed E-state index contributed by atoms with van der Waals surface area (Å²) in [4.78, 5) is 16.9. The Morgan fingerprint density at radius 1 is 1.29 bits per heavy atom. The van der Waals surface area contributed by atoms with Gasteiger partial charge in [-0.05, 0) is 25.6 Å². The zero-order valence-electron chi connectivity index (χ0n) is 13.5. The van der Waals surface area contributed by atoms with Crippen molar-refractivity contribution in [3.05, 3.63) is 35.9 Å². The third kappa shape index (κ3) is 3.44. The van der Waals surface area contributed by atoms with Gasteiger partial charge in [0.2, 0.25) is 5.91 Å². The van der Waals surface area contributed by atoms with E-state index in [1.165, 1.54) is 0 Å². The Hall–Kier alpha value is -1.39. The smallest absolute Gasteiger partial charge is 0.227 e. The van der Waals surface area contributed by atoms with E-state index in [1.54, 1.807) is 0 Å². The van der Waals surface area contributed by atoms with Crippen molar-refractivity contribution in [3.63, 3.8) is 0 Å². The number of hydrogen-bond donors (Lipinski definition) is 1. The molecule has 1 aromatic carbocycles. The van der Waals surface area contributed by atoms with Gasteiger partial charge in [0.1, 0.15) is 0 Å². The molecule has 1 heterocycles. The van der Waals surface area contributed by atoms with Crippen molar-refractivity contribution >= 4 is 5.91 Å². The number of nitrogens with zero attached hydrogens (tertiary/aromatic N) is 2. The maximum absolute atomic E-state index is 12.7. The van der Waals surface area contributed by atoms with Crippen molar-refractivity contribution in [1.82, 2.24) is 9.80 Å². The van der Waals surface area contributed by atoms with Crippen LogP contribution in [0.5, 0.6) is 0 Å². The van der Waals surface area contributed by atoms with Gasteiger partial charge in [0.05, 0.1) is 5.92 Å². The second-order valence-corrected chi connectivity index (χ2v) is 6.48. The number of amides is 1. The fraction of sp³-hybridized carbons (Fsp3) is 0.588. The molecule has 21 heavy (non-hydrogen) atoms. The lowest BCUT2D eigenvalue weighted by molar-refractivity contribution is -0.134. The van der Waals surface area contributed by atoms with Crippen LogP contribution in [0.3, 0.4) is 0 Å². The average molecular weight is 289 g/mol. The molecule has 0 aliphatic carbocycles. The first-order valence-electron chi connectivity index (χ1n) is 7.67. The number of rotatable bonds is 4. The Morgan fingerprint density at radius 2 is 1.90 bits per heavy atom.